The van der Waals surface area contributed by atoms with E-state index in [2.05, 4.69) is 26.0 Å². The Morgan fingerprint density at radius 2 is 1.95 bits per heavy atom. The predicted molar refractivity (Wildman–Crippen MR) is 72.5 cm³/mol. The van der Waals surface area contributed by atoms with Crippen LogP contribution in [0.15, 0.2) is 30.3 Å². The van der Waals surface area contributed by atoms with Crippen LogP contribution >= 0.6 is 15.9 Å². The van der Waals surface area contributed by atoms with Crippen molar-refractivity contribution in [1.29, 1.82) is 0 Å². The molecule has 0 aliphatic rings. The molecular weight excluding hydrogens is 339 g/mol. The van der Waals surface area contributed by atoms with E-state index in [1.54, 1.807) is 30.3 Å². The molecule has 0 amide bonds. The van der Waals surface area contributed by atoms with Crippen LogP contribution in [0.25, 0.3) is 0 Å². The minimum atomic E-state index is -4.56. The number of nitrogens with one attached hydrogen (secondary N) is 1. The maximum Gasteiger partial charge on any atom is 0.405 e. The monoisotopic (exact) mass is 353 g/mol. The van der Waals surface area contributed by atoms with Crippen LogP contribution in [-0.2, 0) is 16.1 Å². The molecule has 7 heteroatoms. The standard InChI is InChI=1S/C13H15BrF3NO2/c1-2-20-12(19)10(14)11(13(15,16)17)18-8-9-6-4-3-5-7-9/h3-7,10-11,18H,2,8H2,1H3/t10-,11+/m1/s1. The minimum Gasteiger partial charge on any atom is -0.465 e. The second-order valence-electron chi connectivity index (χ2n) is 4.04. The second-order valence-corrected chi connectivity index (χ2v) is 5.03. The van der Waals surface area contributed by atoms with Crippen molar-refractivity contribution in [2.75, 3.05) is 6.61 Å². The van der Waals surface area contributed by atoms with Gasteiger partial charge in [0.25, 0.3) is 0 Å². The number of carbonyl (C=O) groups is 1. The quantitative estimate of drug-likeness (QED) is 0.631. The van der Waals surface area contributed by atoms with Crippen molar-refractivity contribution in [2.45, 2.75) is 30.5 Å². The smallest absolute Gasteiger partial charge is 0.405 e. The Morgan fingerprint density at radius 1 is 1.35 bits per heavy atom. The van der Waals surface area contributed by atoms with Crippen LogP contribution in [-0.4, -0.2) is 29.6 Å². The third kappa shape index (κ3) is 5.13. The summed E-state index contributed by atoms with van der Waals surface area (Å²) in [5, 5.41) is 2.34. The summed E-state index contributed by atoms with van der Waals surface area (Å²) in [4.78, 5) is 9.95. The summed E-state index contributed by atoms with van der Waals surface area (Å²) in [6.07, 6.45) is -4.56. The summed E-state index contributed by atoms with van der Waals surface area (Å²) in [5.41, 5.74) is 0.699. The van der Waals surface area contributed by atoms with Crippen molar-refractivity contribution in [3.63, 3.8) is 0 Å². The first-order valence-electron chi connectivity index (χ1n) is 6.01. The van der Waals surface area contributed by atoms with Gasteiger partial charge in [-0.15, -0.1) is 0 Å². The second kappa shape index (κ2) is 7.64. The van der Waals surface area contributed by atoms with Crippen LogP contribution in [0.4, 0.5) is 13.2 Å². The SMILES string of the molecule is CCOC(=O)[C@H](Br)[C@H](NCc1ccccc1)C(F)(F)F. The zero-order chi connectivity index (χ0) is 15.2. The maximum atomic E-state index is 13.0. The summed E-state index contributed by atoms with van der Waals surface area (Å²) in [5.74, 6) is -0.935. The molecule has 20 heavy (non-hydrogen) atoms. The van der Waals surface area contributed by atoms with Crippen molar-refractivity contribution in [1.82, 2.24) is 5.32 Å². The average Bonchev–Trinajstić information content (AvgIpc) is 2.38. The van der Waals surface area contributed by atoms with E-state index in [-0.39, 0.29) is 13.2 Å². The normalized spacial score (nSPS) is 14.7. The van der Waals surface area contributed by atoms with Crippen molar-refractivity contribution < 1.29 is 22.7 Å². The fourth-order valence-corrected chi connectivity index (χ4v) is 2.19. The molecule has 0 saturated carbocycles. The van der Waals surface area contributed by atoms with Crippen LogP contribution in [0.5, 0.6) is 0 Å². The van der Waals surface area contributed by atoms with E-state index in [0.29, 0.717) is 5.56 Å². The summed E-state index contributed by atoms with van der Waals surface area (Å²) in [6.45, 7) is 1.58. The fraction of sp³-hybridized carbons (Fsp3) is 0.462. The van der Waals surface area contributed by atoms with E-state index < -0.39 is 23.0 Å². The lowest BCUT2D eigenvalue weighted by Crippen LogP contribution is -2.51. The van der Waals surface area contributed by atoms with E-state index in [4.69, 9.17) is 0 Å². The van der Waals surface area contributed by atoms with Crippen LogP contribution in [0.1, 0.15) is 12.5 Å². The van der Waals surface area contributed by atoms with E-state index in [1.165, 1.54) is 6.92 Å². The molecule has 0 saturated heterocycles. The molecule has 0 unspecified atom stereocenters. The fourth-order valence-electron chi connectivity index (χ4n) is 1.57. The highest BCUT2D eigenvalue weighted by atomic mass is 79.9. The highest BCUT2D eigenvalue weighted by Crippen LogP contribution is 2.27. The number of hydrogen-bond acceptors (Lipinski definition) is 3. The van der Waals surface area contributed by atoms with Gasteiger partial charge in [0, 0.05) is 6.54 Å². The molecule has 0 radical (unpaired) electrons. The molecule has 1 N–H and O–H groups in total. The molecule has 0 spiro atoms. The lowest BCUT2D eigenvalue weighted by atomic mass is 10.1. The molecule has 1 rings (SSSR count). The van der Waals surface area contributed by atoms with Gasteiger partial charge in [0.05, 0.1) is 6.61 Å². The number of esters is 1. The van der Waals surface area contributed by atoms with Gasteiger partial charge in [-0.3, -0.25) is 4.79 Å². The number of benzene rings is 1. The van der Waals surface area contributed by atoms with Crippen LogP contribution in [0, 0.1) is 0 Å². The molecule has 0 aromatic heterocycles. The van der Waals surface area contributed by atoms with Gasteiger partial charge in [-0.1, -0.05) is 46.3 Å². The zero-order valence-corrected chi connectivity index (χ0v) is 12.4. The first-order valence-corrected chi connectivity index (χ1v) is 6.92. The van der Waals surface area contributed by atoms with Gasteiger partial charge in [-0.2, -0.15) is 13.2 Å². The lowest BCUT2D eigenvalue weighted by molar-refractivity contribution is -0.167. The Morgan fingerprint density at radius 3 is 2.45 bits per heavy atom. The number of hydrogen-bond donors (Lipinski definition) is 1. The summed E-state index contributed by atoms with van der Waals surface area (Å²) < 4.78 is 43.5. The van der Waals surface area contributed by atoms with Gasteiger partial charge in [-0.25, -0.2) is 0 Å². The molecule has 1 aromatic carbocycles. The predicted octanol–water partition coefficient (Wildman–Crippen LogP) is 3.03. The molecule has 0 aliphatic carbocycles. The number of halogens is 4. The lowest BCUT2D eigenvalue weighted by Gasteiger charge is -2.25. The number of rotatable bonds is 6. The van der Waals surface area contributed by atoms with Crippen LogP contribution < -0.4 is 5.32 Å². The topological polar surface area (TPSA) is 38.3 Å². The summed E-state index contributed by atoms with van der Waals surface area (Å²) >= 11 is 2.76. The van der Waals surface area contributed by atoms with E-state index >= 15 is 0 Å². The molecule has 0 bridgehead atoms. The van der Waals surface area contributed by atoms with Crippen molar-refractivity contribution in [3.05, 3.63) is 35.9 Å². The number of ether oxygens (including phenoxy) is 1. The maximum absolute atomic E-state index is 13.0. The summed E-state index contributed by atoms with van der Waals surface area (Å²) in [6, 6.07) is 6.63. The Hall–Kier alpha value is -1.08. The Kier molecular flexibility index (Phi) is 6.48. The first-order chi connectivity index (χ1) is 9.36. The molecular formula is C13H15BrF3NO2. The third-order valence-corrected chi connectivity index (χ3v) is 3.43. The van der Waals surface area contributed by atoms with Crippen molar-refractivity contribution >= 4 is 21.9 Å². The minimum absolute atomic E-state index is 0.00647. The van der Waals surface area contributed by atoms with Crippen LogP contribution in [0.3, 0.4) is 0 Å². The molecule has 2 atom stereocenters. The molecule has 1 aromatic rings. The summed E-state index contributed by atoms with van der Waals surface area (Å²) in [7, 11) is 0. The molecule has 112 valence electrons. The van der Waals surface area contributed by atoms with Crippen molar-refractivity contribution in [3.8, 4) is 0 Å². The number of alkyl halides is 4. The van der Waals surface area contributed by atoms with E-state index in [0.717, 1.165) is 0 Å². The highest BCUT2D eigenvalue weighted by molar-refractivity contribution is 9.10. The Bertz CT molecular complexity index is 425. The number of carbonyl (C=O) groups excluding carboxylic acids is 1. The molecule has 0 heterocycles. The van der Waals surface area contributed by atoms with Gasteiger partial charge in [0.1, 0.15) is 10.9 Å². The van der Waals surface area contributed by atoms with Gasteiger partial charge in [0.15, 0.2) is 0 Å². The highest BCUT2D eigenvalue weighted by Gasteiger charge is 2.46. The van der Waals surface area contributed by atoms with Gasteiger partial charge in [0.2, 0.25) is 0 Å². The Balaban J connectivity index is 2.73. The molecule has 0 aliphatic heterocycles. The zero-order valence-electron chi connectivity index (χ0n) is 10.8. The third-order valence-electron chi connectivity index (χ3n) is 2.53. The van der Waals surface area contributed by atoms with Crippen molar-refractivity contribution in [2.24, 2.45) is 0 Å². The van der Waals surface area contributed by atoms with Gasteiger partial charge < -0.3 is 10.1 Å². The van der Waals surface area contributed by atoms with E-state index in [1.807, 2.05) is 0 Å². The van der Waals surface area contributed by atoms with E-state index in [9.17, 15) is 18.0 Å². The molecule has 3 nitrogen and oxygen atoms in total. The Labute approximate surface area is 123 Å². The van der Waals surface area contributed by atoms with Gasteiger partial charge in [-0.05, 0) is 12.5 Å². The largest absolute Gasteiger partial charge is 0.465 e. The molecule has 0 fully saturated rings. The van der Waals surface area contributed by atoms with Gasteiger partial charge >= 0.3 is 12.1 Å². The first kappa shape index (κ1) is 17.0. The average molecular weight is 354 g/mol. The van der Waals surface area contributed by atoms with Crippen LogP contribution in [0.2, 0.25) is 0 Å².